The maximum atomic E-state index is 5.34. The van der Waals surface area contributed by atoms with Crippen molar-refractivity contribution in [3.8, 4) is 0 Å². The molecule has 0 aromatic carbocycles. The van der Waals surface area contributed by atoms with Crippen LogP contribution in [-0.4, -0.2) is 16.4 Å². The maximum absolute atomic E-state index is 5.34. The summed E-state index contributed by atoms with van der Waals surface area (Å²) in [6.45, 7) is 4.46. The van der Waals surface area contributed by atoms with Crippen molar-refractivity contribution >= 4 is 15.9 Å². The van der Waals surface area contributed by atoms with E-state index in [0.717, 1.165) is 29.7 Å². The average Bonchev–Trinajstić information content (AvgIpc) is 2.44. The van der Waals surface area contributed by atoms with Crippen molar-refractivity contribution in [2.45, 2.75) is 26.5 Å². The van der Waals surface area contributed by atoms with Gasteiger partial charge < -0.3 is 4.74 Å². The highest BCUT2D eigenvalue weighted by atomic mass is 79.9. The summed E-state index contributed by atoms with van der Waals surface area (Å²) in [4.78, 5) is 0. The summed E-state index contributed by atoms with van der Waals surface area (Å²) in [5, 5.41) is 4.46. The fourth-order valence-electron chi connectivity index (χ4n) is 1.40. The molecule has 3 nitrogen and oxygen atoms in total. The molecule has 0 saturated heterocycles. The molecule has 0 aliphatic carbocycles. The predicted molar refractivity (Wildman–Crippen MR) is 49.0 cm³/mol. The first-order chi connectivity index (χ1) is 5.83. The van der Waals surface area contributed by atoms with Crippen LogP contribution in [0.2, 0.25) is 0 Å². The van der Waals surface area contributed by atoms with E-state index in [1.165, 1.54) is 5.69 Å². The summed E-state index contributed by atoms with van der Waals surface area (Å²) in [5.74, 6) is 0. The third-order valence-electron chi connectivity index (χ3n) is 2.08. The van der Waals surface area contributed by atoms with Gasteiger partial charge in [-0.2, -0.15) is 5.10 Å². The number of aromatic nitrogens is 2. The van der Waals surface area contributed by atoms with Gasteiger partial charge in [-0.1, -0.05) is 6.92 Å². The van der Waals surface area contributed by atoms with Crippen molar-refractivity contribution in [3.63, 3.8) is 0 Å². The zero-order valence-electron chi connectivity index (χ0n) is 7.01. The molecule has 1 aliphatic heterocycles. The van der Waals surface area contributed by atoms with E-state index >= 15 is 0 Å². The fraction of sp³-hybridized carbons (Fsp3) is 0.625. The molecule has 0 unspecified atom stereocenters. The normalized spacial score (nSPS) is 16.2. The molecule has 0 atom stereocenters. The molecule has 66 valence electrons. The Labute approximate surface area is 79.8 Å². The molecule has 0 fully saturated rings. The summed E-state index contributed by atoms with van der Waals surface area (Å²) in [5.41, 5.74) is 2.31. The van der Waals surface area contributed by atoms with Crippen LogP contribution in [0.4, 0.5) is 0 Å². The topological polar surface area (TPSA) is 27.1 Å². The molecular formula is C8H11BrN2O. The minimum Gasteiger partial charge on any atom is -0.373 e. The fourth-order valence-corrected chi connectivity index (χ4v) is 2.08. The van der Waals surface area contributed by atoms with Crippen LogP contribution in [0, 0.1) is 0 Å². The van der Waals surface area contributed by atoms with E-state index in [9.17, 15) is 0 Å². The van der Waals surface area contributed by atoms with Gasteiger partial charge in [-0.15, -0.1) is 0 Å². The number of hydrogen-bond acceptors (Lipinski definition) is 2. The molecule has 0 saturated carbocycles. The Morgan fingerprint density at radius 2 is 2.50 bits per heavy atom. The zero-order chi connectivity index (χ0) is 8.55. The number of halogens is 1. The van der Waals surface area contributed by atoms with E-state index in [0.29, 0.717) is 6.61 Å². The number of aryl methyl sites for hydroxylation is 1. The number of ether oxygens (including phenoxy) is 1. The number of nitrogens with zero attached hydrogens (tertiary/aromatic N) is 2. The van der Waals surface area contributed by atoms with Gasteiger partial charge in [-0.25, -0.2) is 0 Å². The van der Waals surface area contributed by atoms with Gasteiger partial charge in [-0.3, -0.25) is 4.68 Å². The summed E-state index contributed by atoms with van der Waals surface area (Å²) in [6, 6.07) is 0. The summed E-state index contributed by atoms with van der Waals surface area (Å²) in [6.07, 6.45) is 0.973. The van der Waals surface area contributed by atoms with Crippen LogP contribution in [0.5, 0.6) is 0 Å². The molecule has 2 heterocycles. The van der Waals surface area contributed by atoms with Crippen LogP contribution in [-0.2, 0) is 24.3 Å². The van der Waals surface area contributed by atoms with Crippen LogP contribution in [0.25, 0.3) is 0 Å². The van der Waals surface area contributed by atoms with Crippen molar-refractivity contribution in [2.75, 3.05) is 6.61 Å². The van der Waals surface area contributed by atoms with Gasteiger partial charge in [0, 0.05) is 0 Å². The van der Waals surface area contributed by atoms with Crippen molar-refractivity contribution in [2.24, 2.45) is 0 Å². The highest BCUT2D eigenvalue weighted by Gasteiger charge is 2.17. The van der Waals surface area contributed by atoms with Gasteiger partial charge in [0.25, 0.3) is 0 Å². The lowest BCUT2D eigenvalue weighted by atomic mass is 10.3. The lowest BCUT2D eigenvalue weighted by Gasteiger charge is -2.13. The van der Waals surface area contributed by atoms with Crippen molar-refractivity contribution < 1.29 is 4.74 Å². The van der Waals surface area contributed by atoms with E-state index < -0.39 is 0 Å². The molecule has 0 spiro atoms. The molecule has 1 aliphatic rings. The molecule has 4 heteroatoms. The Morgan fingerprint density at radius 3 is 3.17 bits per heavy atom. The largest absolute Gasteiger partial charge is 0.373 e. The third-order valence-corrected chi connectivity index (χ3v) is 3.00. The number of hydrogen-bond donors (Lipinski definition) is 0. The molecule has 0 N–H and O–H groups in total. The quantitative estimate of drug-likeness (QED) is 0.736. The first-order valence-electron chi connectivity index (χ1n) is 4.14. The van der Waals surface area contributed by atoms with Gasteiger partial charge in [0.1, 0.15) is 0 Å². The second-order valence-electron chi connectivity index (χ2n) is 2.84. The van der Waals surface area contributed by atoms with Crippen LogP contribution in [0.3, 0.4) is 0 Å². The average molecular weight is 231 g/mol. The Hall–Kier alpha value is -0.350. The van der Waals surface area contributed by atoms with Gasteiger partial charge in [0.05, 0.1) is 35.6 Å². The standard InChI is InChI=1S/C8H11BrN2O/c1-2-6-8(9)7-5-12-4-3-11(7)10-6/h2-5H2,1H3. The molecule has 0 amide bonds. The lowest BCUT2D eigenvalue weighted by molar-refractivity contribution is 0.0795. The minimum absolute atomic E-state index is 0.688. The Balaban J connectivity index is 2.44. The van der Waals surface area contributed by atoms with E-state index in [-0.39, 0.29) is 0 Å². The van der Waals surface area contributed by atoms with Gasteiger partial charge in [-0.05, 0) is 22.4 Å². The van der Waals surface area contributed by atoms with Crippen molar-refractivity contribution in [1.29, 1.82) is 0 Å². The molecule has 1 aromatic heterocycles. The summed E-state index contributed by atoms with van der Waals surface area (Å²) < 4.78 is 8.51. The Kier molecular flexibility index (Phi) is 2.19. The van der Waals surface area contributed by atoms with Gasteiger partial charge in [0.2, 0.25) is 0 Å². The molecule has 12 heavy (non-hydrogen) atoms. The zero-order valence-corrected chi connectivity index (χ0v) is 8.60. The Morgan fingerprint density at radius 1 is 1.67 bits per heavy atom. The smallest absolute Gasteiger partial charge is 0.0897 e. The van der Waals surface area contributed by atoms with Crippen LogP contribution in [0.15, 0.2) is 4.47 Å². The molecule has 0 radical (unpaired) electrons. The summed E-state index contributed by atoms with van der Waals surface area (Å²) in [7, 11) is 0. The van der Waals surface area contributed by atoms with Crippen LogP contribution >= 0.6 is 15.9 Å². The minimum atomic E-state index is 0.688. The second-order valence-corrected chi connectivity index (χ2v) is 3.63. The number of fused-ring (bicyclic) bond motifs is 1. The SMILES string of the molecule is CCc1nn2c(c1Br)COCC2. The van der Waals surface area contributed by atoms with Crippen molar-refractivity contribution in [3.05, 3.63) is 15.9 Å². The van der Waals surface area contributed by atoms with Crippen LogP contribution < -0.4 is 0 Å². The lowest BCUT2D eigenvalue weighted by Crippen LogP contribution is -2.17. The summed E-state index contributed by atoms with van der Waals surface area (Å²) >= 11 is 3.53. The predicted octanol–water partition coefficient (Wildman–Crippen LogP) is 1.74. The molecule has 2 rings (SSSR count). The third kappa shape index (κ3) is 1.19. The highest BCUT2D eigenvalue weighted by Crippen LogP contribution is 2.24. The highest BCUT2D eigenvalue weighted by molar-refractivity contribution is 9.10. The van der Waals surface area contributed by atoms with E-state index in [1.54, 1.807) is 0 Å². The van der Waals surface area contributed by atoms with E-state index in [1.807, 2.05) is 4.68 Å². The Bertz CT molecular complexity index is 295. The van der Waals surface area contributed by atoms with E-state index in [2.05, 4.69) is 28.0 Å². The number of rotatable bonds is 1. The van der Waals surface area contributed by atoms with Gasteiger partial charge in [0.15, 0.2) is 0 Å². The molecule has 1 aromatic rings. The van der Waals surface area contributed by atoms with Crippen molar-refractivity contribution in [1.82, 2.24) is 9.78 Å². The maximum Gasteiger partial charge on any atom is 0.0897 e. The van der Waals surface area contributed by atoms with E-state index in [4.69, 9.17) is 4.74 Å². The monoisotopic (exact) mass is 230 g/mol. The first-order valence-corrected chi connectivity index (χ1v) is 4.94. The molecule has 0 bridgehead atoms. The first kappa shape index (κ1) is 8.26. The second kappa shape index (κ2) is 3.18. The van der Waals surface area contributed by atoms with Gasteiger partial charge >= 0.3 is 0 Å². The molecular weight excluding hydrogens is 220 g/mol. The van der Waals surface area contributed by atoms with Crippen LogP contribution in [0.1, 0.15) is 18.3 Å².